The van der Waals surface area contributed by atoms with Gasteiger partial charge in [0, 0.05) is 42.2 Å². The second kappa shape index (κ2) is 5.81. The van der Waals surface area contributed by atoms with Crippen LogP contribution >= 0.6 is 0 Å². The van der Waals surface area contributed by atoms with Crippen LogP contribution in [0.1, 0.15) is 23.7 Å². The minimum atomic E-state index is 0.355. The van der Waals surface area contributed by atoms with E-state index in [9.17, 15) is 0 Å². The van der Waals surface area contributed by atoms with Gasteiger partial charge >= 0.3 is 0 Å². The van der Waals surface area contributed by atoms with E-state index >= 15 is 0 Å². The van der Waals surface area contributed by atoms with E-state index in [1.54, 1.807) is 0 Å². The Bertz CT molecular complexity index is 1030. The lowest BCUT2D eigenvalue weighted by molar-refractivity contribution is 0.328. The highest BCUT2D eigenvalue weighted by molar-refractivity contribution is 5.79. The van der Waals surface area contributed by atoms with Gasteiger partial charge in [0.2, 0.25) is 0 Å². The Labute approximate surface area is 145 Å². The fourth-order valence-corrected chi connectivity index (χ4v) is 3.62. The lowest BCUT2D eigenvalue weighted by Crippen LogP contribution is -2.23. The number of fused-ring (bicyclic) bond motifs is 2. The molecule has 0 spiro atoms. The van der Waals surface area contributed by atoms with Gasteiger partial charge in [-0.1, -0.05) is 24.3 Å². The molecule has 3 aromatic heterocycles. The quantitative estimate of drug-likeness (QED) is 0.586. The van der Waals surface area contributed by atoms with Crippen molar-refractivity contribution in [2.75, 3.05) is 6.54 Å². The number of hydrogen-bond donors (Lipinski definition) is 1. The van der Waals surface area contributed by atoms with Crippen LogP contribution in [0.4, 0.5) is 0 Å². The third-order valence-corrected chi connectivity index (χ3v) is 4.98. The van der Waals surface area contributed by atoms with E-state index in [0.29, 0.717) is 5.92 Å². The largest absolute Gasteiger partial charge is 0.460 e. The third kappa shape index (κ3) is 2.60. The Kier molecular flexibility index (Phi) is 3.33. The summed E-state index contributed by atoms with van der Waals surface area (Å²) < 4.78 is 6.02. The monoisotopic (exact) mass is 329 g/mol. The highest BCUT2D eigenvalue weighted by Crippen LogP contribution is 2.31. The van der Waals surface area contributed by atoms with Crippen LogP contribution in [-0.2, 0) is 6.54 Å². The molecule has 0 fully saturated rings. The van der Waals surface area contributed by atoms with E-state index in [2.05, 4.69) is 57.6 Å². The molecule has 4 heteroatoms. The first-order valence-corrected chi connectivity index (χ1v) is 8.69. The Morgan fingerprint density at radius 3 is 3.04 bits per heavy atom. The number of allylic oxidation sites excluding steroid dienone is 1. The summed E-state index contributed by atoms with van der Waals surface area (Å²) in [5, 5.41) is 2.38. The van der Waals surface area contributed by atoms with E-state index in [1.807, 2.05) is 24.4 Å². The molecule has 0 aliphatic carbocycles. The molecular weight excluding hydrogens is 310 g/mol. The zero-order valence-corrected chi connectivity index (χ0v) is 13.9. The Morgan fingerprint density at radius 1 is 1.20 bits per heavy atom. The summed E-state index contributed by atoms with van der Waals surface area (Å²) >= 11 is 0. The van der Waals surface area contributed by atoms with E-state index < -0.39 is 0 Å². The van der Waals surface area contributed by atoms with Crippen LogP contribution in [0.15, 0.2) is 71.6 Å². The highest BCUT2D eigenvalue weighted by Gasteiger charge is 2.19. The fourth-order valence-electron chi connectivity index (χ4n) is 3.62. The van der Waals surface area contributed by atoms with E-state index in [0.717, 1.165) is 36.5 Å². The molecule has 5 rings (SSSR count). The molecule has 25 heavy (non-hydrogen) atoms. The van der Waals surface area contributed by atoms with Crippen molar-refractivity contribution in [1.29, 1.82) is 0 Å². The van der Waals surface area contributed by atoms with Crippen LogP contribution in [0.5, 0.6) is 0 Å². The molecule has 0 saturated heterocycles. The third-order valence-electron chi connectivity index (χ3n) is 4.98. The topological polar surface area (TPSA) is 45.1 Å². The number of aromatic amines is 1. The summed E-state index contributed by atoms with van der Waals surface area (Å²) in [4.78, 5) is 9.97. The van der Waals surface area contributed by atoms with Crippen molar-refractivity contribution in [1.82, 2.24) is 14.9 Å². The molecular formula is C21H19N3O. The van der Waals surface area contributed by atoms with Gasteiger partial charge in [-0.05, 0) is 42.4 Å². The summed E-state index contributed by atoms with van der Waals surface area (Å²) in [6.07, 6.45) is 9.42. The number of nitrogens with one attached hydrogen (secondary N) is 1. The minimum absolute atomic E-state index is 0.355. The minimum Gasteiger partial charge on any atom is -0.460 e. The first-order valence-electron chi connectivity index (χ1n) is 8.69. The van der Waals surface area contributed by atoms with Gasteiger partial charge in [0.15, 0.2) is 0 Å². The number of H-pyrrole nitrogens is 1. The summed E-state index contributed by atoms with van der Waals surface area (Å²) in [6, 6.07) is 14.5. The van der Waals surface area contributed by atoms with Crippen LogP contribution in [0.2, 0.25) is 0 Å². The molecule has 1 unspecified atom stereocenters. The molecule has 124 valence electrons. The van der Waals surface area contributed by atoms with Crippen molar-refractivity contribution in [3.8, 4) is 0 Å². The van der Waals surface area contributed by atoms with Gasteiger partial charge in [0.25, 0.3) is 0 Å². The molecule has 0 radical (unpaired) electrons. The number of furan rings is 1. The molecule has 0 bridgehead atoms. The second-order valence-electron chi connectivity index (χ2n) is 6.61. The number of nitrogens with zero attached hydrogens (tertiary/aromatic N) is 2. The highest BCUT2D eigenvalue weighted by atomic mass is 16.3. The van der Waals surface area contributed by atoms with Gasteiger partial charge in [-0.3, -0.25) is 0 Å². The van der Waals surface area contributed by atoms with Gasteiger partial charge in [-0.25, -0.2) is 4.98 Å². The van der Waals surface area contributed by atoms with Crippen LogP contribution in [0.3, 0.4) is 0 Å². The Balaban J connectivity index is 1.34. The van der Waals surface area contributed by atoms with Crippen molar-refractivity contribution in [2.45, 2.75) is 18.9 Å². The van der Waals surface area contributed by atoms with Gasteiger partial charge in [-0.2, -0.15) is 0 Å². The number of benzene rings is 1. The van der Waals surface area contributed by atoms with Crippen LogP contribution in [0.25, 0.3) is 22.0 Å². The first-order chi connectivity index (χ1) is 12.4. The Morgan fingerprint density at radius 2 is 2.16 bits per heavy atom. The predicted octanol–water partition coefficient (Wildman–Crippen LogP) is 4.81. The molecule has 4 aromatic rings. The molecule has 1 atom stereocenters. The van der Waals surface area contributed by atoms with Crippen LogP contribution in [0, 0.1) is 0 Å². The van der Waals surface area contributed by atoms with E-state index in [1.165, 1.54) is 16.3 Å². The average Bonchev–Trinajstić information content (AvgIpc) is 3.27. The standard InChI is InChI=1S/C21H19N3O/c1-2-6-19-16(4-1)12-20(25-19)15-7-10-24(11-8-15)14-17-13-23-21-18(17)5-3-9-22-21/h1-7,9-10,12-13,15H,8,11,14H2,(H,22,23). The molecule has 4 heterocycles. The zero-order valence-electron chi connectivity index (χ0n) is 13.9. The maximum absolute atomic E-state index is 6.02. The van der Waals surface area contributed by atoms with Gasteiger partial charge < -0.3 is 14.3 Å². The number of hydrogen-bond acceptors (Lipinski definition) is 3. The number of rotatable bonds is 3. The lowest BCUT2D eigenvalue weighted by atomic mass is 9.99. The smallest absolute Gasteiger partial charge is 0.137 e. The lowest BCUT2D eigenvalue weighted by Gasteiger charge is -2.26. The van der Waals surface area contributed by atoms with Crippen LogP contribution < -0.4 is 0 Å². The predicted molar refractivity (Wildman–Crippen MR) is 99.2 cm³/mol. The number of aromatic nitrogens is 2. The molecule has 4 nitrogen and oxygen atoms in total. The molecule has 1 aromatic carbocycles. The van der Waals surface area contributed by atoms with E-state index in [4.69, 9.17) is 4.42 Å². The van der Waals surface area contributed by atoms with Gasteiger partial charge in [-0.15, -0.1) is 0 Å². The van der Waals surface area contributed by atoms with Crippen molar-refractivity contribution in [3.63, 3.8) is 0 Å². The average molecular weight is 329 g/mol. The Hall–Kier alpha value is -3.01. The number of para-hydroxylation sites is 1. The van der Waals surface area contributed by atoms with E-state index in [-0.39, 0.29) is 0 Å². The van der Waals surface area contributed by atoms with Gasteiger partial charge in [0.1, 0.15) is 17.0 Å². The second-order valence-corrected chi connectivity index (χ2v) is 6.61. The number of pyridine rings is 1. The molecule has 1 N–H and O–H groups in total. The normalized spacial score (nSPS) is 17.6. The SMILES string of the molecule is C1=CN(Cc2c[nH]c3ncccc23)CCC1c1cc2ccccc2o1. The first kappa shape index (κ1) is 14.3. The molecule has 1 aliphatic rings. The van der Waals surface area contributed by atoms with Crippen molar-refractivity contribution in [2.24, 2.45) is 0 Å². The fraction of sp³-hybridized carbons (Fsp3) is 0.190. The summed E-state index contributed by atoms with van der Waals surface area (Å²) in [7, 11) is 0. The van der Waals surface area contributed by atoms with Crippen molar-refractivity contribution >= 4 is 22.0 Å². The maximum atomic E-state index is 6.02. The molecule has 0 saturated carbocycles. The van der Waals surface area contributed by atoms with Crippen LogP contribution in [-0.4, -0.2) is 21.4 Å². The summed E-state index contributed by atoms with van der Waals surface area (Å²) in [6.45, 7) is 1.92. The zero-order chi connectivity index (χ0) is 16.6. The van der Waals surface area contributed by atoms with Crippen molar-refractivity contribution in [3.05, 3.63) is 78.5 Å². The molecule has 0 amide bonds. The van der Waals surface area contributed by atoms with Gasteiger partial charge in [0.05, 0.1) is 0 Å². The maximum Gasteiger partial charge on any atom is 0.137 e. The summed E-state index contributed by atoms with van der Waals surface area (Å²) in [5.74, 6) is 1.42. The molecule has 1 aliphatic heterocycles. The van der Waals surface area contributed by atoms with Crippen molar-refractivity contribution < 1.29 is 4.42 Å². The summed E-state index contributed by atoms with van der Waals surface area (Å²) in [5.41, 5.74) is 3.22.